The number of carbonyl (C=O) groups excluding carboxylic acids is 2. The molecule has 1 aromatic heterocycles. The van der Waals surface area contributed by atoms with Gasteiger partial charge in [0.25, 0.3) is 5.91 Å². The number of ketones is 1. The lowest BCUT2D eigenvalue weighted by molar-refractivity contribution is -0.117. The molecule has 1 aliphatic heterocycles. The highest BCUT2D eigenvalue weighted by Gasteiger charge is 2.45. The van der Waals surface area contributed by atoms with Crippen LogP contribution in [-0.4, -0.2) is 22.9 Å². The molecule has 1 unspecified atom stereocenters. The molecule has 0 spiro atoms. The van der Waals surface area contributed by atoms with E-state index >= 15 is 0 Å². The van der Waals surface area contributed by atoms with Crippen LogP contribution in [0, 0.1) is 13.8 Å². The van der Waals surface area contributed by atoms with Gasteiger partial charge in [0.15, 0.2) is 11.5 Å². The molecule has 6 nitrogen and oxygen atoms in total. The number of amides is 1. The highest BCUT2D eigenvalue weighted by atomic mass is 35.5. The number of carbonyl (C=O) groups is 2. The van der Waals surface area contributed by atoms with Gasteiger partial charge in [0.2, 0.25) is 5.78 Å². The zero-order valence-electron chi connectivity index (χ0n) is 20.9. The van der Waals surface area contributed by atoms with E-state index in [0.717, 1.165) is 11.1 Å². The second-order valence-electron chi connectivity index (χ2n) is 9.55. The largest absolute Gasteiger partial charge is 0.503 e. The summed E-state index contributed by atoms with van der Waals surface area (Å²) in [6.45, 7) is 7.70. The molecule has 0 bridgehead atoms. The molecule has 0 fully saturated rings. The monoisotopic (exact) mass is 515 g/mol. The molecule has 188 valence electrons. The lowest BCUT2D eigenvalue weighted by atomic mass is 9.94. The Balaban J connectivity index is 1.67. The Morgan fingerprint density at radius 1 is 1.03 bits per heavy atom. The van der Waals surface area contributed by atoms with Crippen molar-refractivity contribution in [2.24, 2.45) is 0 Å². The first-order valence-corrected chi connectivity index (χ1v) is 12.4. The van der Waals surface area contributed by atoms with E-state index in [1.165, 1.54) is 4.90 Å². The molecule has 37 heavy (non-hydrogen) atoms. The Morgan fingerprint density at radius 2 is 1.76 bits per heavy atom. The molecule has 5 rings (SSSR count). The number of nitrogens with zero attached hydrogens (tertiary/aromatic N) is 1. The maximum absolute atomic E-state index is 13.9. The molecule has 1 N–H and O–H groups in total. The van der Waals surface area contributed by atoms with Crippen LogP contribution in [0.1, 0.15) is 47.1 Å². The number of Topliss-reactive ketones (excluding diaryl/α,β-unsaturated/α-hetero) is 1. The zero-order valence-corrected chi connectivity index (χ0v) is 21.7. The summed E-state index contributed by atoms with van der Waals surface area (Å²) in [5.74, 6) is -1.24. The topological polar surface area (TPSA) is 80.0 Å². The van der Waals surface area contributed by atoms with Crippen molar-refractivity contribution in [1.82, 2.24) is 0 Å². The SMILES string of the molecule is Cc1cc(C)cc(N2C(=O)C(O)=C(C(=O)c3cc4cc(Cl)ccc4o3)C2c2cccc(OC(C)C)c2)c1. The van der Waals surface area contributed by atoms with E-state index in [9.17, 15) is 14.7 Å². The maximum Gasteiger partial charge on any atom is 0.294 e. The molecule has 0 radical (unpaired) electrons. The van der Waals surface area contributed by atoms with Crippen LogP contribution in [0.4, 0.5) is 5.69 Å². The van der Waals surface area contributed by atoms with Gasteiger partial charge in [0.1, 0.15) is 11.3 Å². The number of benzene rings is 3. The Hall–Kier alpha value is -4.03. The number of aliphatic hydroxyl groups excluding tert-OH is 1. The number of hydrogen-bond donors (Lipinski definition) is 1. The van der Waals surface area contributed by atoms with Crippen LogP contribution in [0.5, 0.6) is 5.75 Å². The van der Waals surface area contributed by atoms with E-state index in [4.69, 9.17) is 20.8 Å². The second kappa shape index (κ2) is 9.45. The van der Waals surface area contributed by atoms with E-state index in [0.29, 0.717) is 33.0 Å². The Morgan fingerprint density at radius 3 is 2.46 bits per heavy atom. The number of hydrogen-bond acceptors (Lipinski definition) is 5. The summed E-state index contributed by atoms with van der Waals surface area (Å²) < 4.78 is 11.7. The van der Waals surface area contributed by atoms with E-state index in [-0.39, 0.29) is 17.4 Å². The third kappa shape index (κ3) is 4.60. The van der Waals surface area contributed by atoms with Crippen LogP contribution in [0.3, 0.4) is 0 Å². The number of rotatable bonds is 6. The summed E-state index contributed by atoms with van der Waals surface area (Å²) in [6.07, 6.45) is -0.0663. The van der Waals surface area contributed by atoms with Crippen LogP contribution in [0.2, 0.25) is 5.02 Å². The molecule has 3 aromatic carbocycles. The average Bonchev–Trinajstić information content (AvgIpc) is 3.36. The summed E-state index contributed by atoms with van der Waals surface area (Å²) in [5.41, 5.74) is 3.52. The van der Waals surface area contributed by atoms with Crippen molar-refractivity contribution >= 4 is 39.9 Å². The van der Waals surface area contributed by atoms with E-state index in [1.54, 1.807) is 36.4 Å². The lowest BCUT2D eigenvalue weighted by Crippen LogP contribution is -2.31. The molecule has 4 aromatic rings. The van der Waals surface area contributed by atoms with Crippen LogP contribution >= 0.6 is 11.6 Å². The smallest absolute Gasteiger partial charge is 0.294 e. The van der Waals surface area contributed by atoms with E-state index in [2.05, 4.69) is 0 Å². The number of ether oxygens (including phenoxy) is 1. The fourth-order valence-electron chi connectivity index (χ4n) is 4.80. The third-order valence-electron chi connectivity index (χ3n) is 6.19. The van der Waals surface area contributed by atoms with Crippen molar-refractivity contribution in [1.29, 1.82) is 0 Å². The minimum absolute atomic E-state index is 0.00785. The first-order valence-electron chi connectivity index (χ1n) is 12.0. The fraction of sp³-hybridized carbons (Fsp3) is 0.200. The van der Waals surface area contributed by atoms with Crippen molar-refractivity contribution in [3.8, 4) is 5.75 Å². The Kier molecular flexibility index (Phi) is 6.30. The minimum atomic E-state index is -0.895. The summed E-state index contributed by atoms with van der Waals surface area (Å²) in [6, 6.07) is 18.6. The maximum atomic E-state index is 13.9. The van der Waals surface area contributed by atoms with Crippen LogP contribution < -0.4 is 9.64 Å². The normalized spacial score (nSPS) is 15.8. The first kappa shape index (κ1) is 24.7. The van der Waals surface area contributed by atoms with Gasteiger partial charge in [-0.1, -0.05) is 29.8 Å². The van der Waals surface area contributed by atoms with Gasteiger partial charge >= 0.3 is 0 Å². The molecule has 0 saturated carbocycles. The van der Waals surface area contributed by atoms with Crippen LogP contribution in [0.25, 0.3) is 11.0 Å². The van der Waals surface area contributed by atoms with Crippen molar-refractivity contribution in [3.63, 3.8) is 0 Å². The summed E-state index contributed by atoms with van der Waals surface area (Å²) >= 11 is 6.10. The highest BCUT2D eigenvalue weighted by molar-refractivity contribution is 6.31. The molecule has 0 saturated heterocycles. The molecule has 1 amide bonds. The average molecular weight is 516 g/mol. The second-order valence-corrected chi connectivity index (χ2v) is 9.98. The number of fused-ring (bicyclic) bond motifs is 1. The quantitative estimate of drug-likeness (QED) is 0.273. The highest BCUT2D eigenvalue weighted by Crippen LogP contribution is 2.43. The molecule has 1 atom stereocenters. The Labute approximate surface area is 219 Å². The molecule has 1 aliphatic rings. The molecular weight excluding hydrogens is 490 g/mol. The fourth-order valence-corrected chi connectivity index (χ4v) is 4.98. The van der Waals surface area contributed by atoms with Crippen molar-refractivity contribution in [2.45, 2.75) is 39.8 Å². The number of aryl methyl sites for hydroxylation is 2. The van der Waals surface area contributed by atoms with Crippen molar-refractivity contribution < 1.29 is 23.8 Å². The molecular formula is C30H26ClNO5. The predicted molar refractivity (Wildman–Crippen MR) is 144 cm³/mol. The zero-order chi connectivity index (χ0) is 26.4. The summed E-state index contributed by atoms with van der Waals surface area (Å²) in [7, 11) is 0. The number of furan rings is 1. The molecule has 0 aliphatic carbocycles. The number of aliphatic hydroxyl groups is 1. The van der Waals surface area contributed by atoms with Gasteiger partial charge in [-0.2, -0.15) is 0 Å². The van der Waals surface area contributed by atoms with Gasteiger partial charge in [0.05, 0.1) is 17.7 Å². The third-order valence-corrected chi connectivity index (χ3v) is 6.42. The van der Waals surface area contributed by atoms with Gasteiger partial charge in [-0.15, -0.1) is 0 Å². The minimum Gasteiger partial charge on any atom is -0.503 e. The van der Waals surface area contributed by atoms with Gasteiger partial charge in [-0.25, -0.2) is 0 Å². The number of halogens is 1. The lowest BCUT2D eigenvalue weighted by Gasteiger charge is -2.28. The van der Waals surface area contributed by atoms with E-state index < -0.39 is 23.5 Å². The van der Waals surface area contributed by atoms with Crippen LogP contribution in [-0.2, 0) is 4.79 Å². The first-order chi connectivity index (χ1) is 17.6. The van der Waals surface area contributed by atoms with Gasteiger partial charge in [0, 0.05) is 16.1 Å². The van der Waals surface area contributed by atoms with E-state index in [1.807, 2.05) is 58.0 Å². The molecule has 7 heteroatoms. The summed E-state index contributed by atoms with van der Waals surface area (Å²) in [5, 5.41) is 12.3. The van der Waals surface area contributed by atoms with Gasteiger partial charge in [-0.3, -0.25) is 14.5 Å². The van der Waals surface area contributed by atoms with Crippen LogP contribution in [0.15, 0.2) is 82.5 Å². The molecule has 2 heterocycles. The van der Waals surface area contributed by atoms with Crippen molar-refractivity contribution in [2.75, 3.05) is 4.90 Å². The van der Waals surface area contributed by atoms with Crippen molar-refractivity contribution in [3.05, 3.63) is 106 Å². The standard InChI is InChI=1S/C30H26ClNO5/c1-16(2)36-23-7-5-6-19(14-23)27-26(28(33)25-15-20-13-21(31)8-9-24(20)37-25)29(34)30(35)32(27)22-11-17(3)10-18(4)12-22/h5-16,27,34H,1-4H3. The summed E-state index contributed by atoms with van der Waals surface area (Å²) in [4.78, 5) is 28.8. The number of anilines is 1. The Bertz CT molecular complexity index is 1560. The predicted octanol–water partition coefficient (Wildman–Crippen LogP) is 7.27. The van der Waals surface area contributed by atoms with Gasteiger partial charge < -0.3 is 14.3 Å². The van der Waals surface area contributed by atoms with Gasteiger partial charge in [-0.05, 0) is 92.9 Å².